The van der Waals surface area contributed by atoms with E-state index in [0.29, 0.717) is 32.7 Å². The van der Waals surface area contributed by atoms with E-state index in [1.165, 1.54) is 7.11 Å². The predicted molar refractivity (Wildman–Crippen MR) is 78.5 cm³/mol. The van der Waals surface area contributed by atoms with Crippen LogP contribution in [0.25, 0.3) is 0 Å². The Morgan fingerprint density at radius 2 is 2.14 bits per heavy atom. The Labute approximate surface area is 133 Å². The Hall–Kier alpha value is -1.18. The Kier molecular flexibility index (Phi) is 5.41. The molecule has 4 nitrogen and oxygen atoms in total. The topological polar surface area (TPSA) is 33.7 Å². The van der Waals surface area contributed by atoms with E-state index in [1.807, 2.05) is 0 Å². The number of anilines is 1. The van der Waals surface area contributed by atoms with Crippen molar-refractivity contribution in [3.05, 3.63) is 23.5 Å². The third-order valence-corrected chi connectivity index (χ3v) is 3.92. The zero-order chi connectivity index (χ0) is 15.0. The molecular weight excluding hydrogens is 321 g/mol. The molecule has 2 aliphatic heterocycles. The summed E-state index contributed by atoms with van der Waals surface area (Å²) in [7, 11) is 1.54. The van der Waals surface area contributed by atoms with Gasteiger partial charge in [0.2, 0.25) is 0 Å². The lowest BCUT2D eigenvalue weighted by Gasteiger charge is -2.37. The third kappa shape index (κ3) is 2.98. The van der Waals surface area contributed by atoms with Gasteiger partial charge in [-0.3, -0.25) is 0 Å². The number of rotatable bonds is 2. The lowest BCUT2D eigenvalue weighted by molar-refractivity contribution is 0.0742. The van der Waals surface area contributed by atoms with Gasteiger partial charge in [-0.1, -0.05) is 0 Å². The van der Waals surface area contributed by atoms with Crippen molar-refractivity contribution in [3.8, 4) is 5.75 Å². The van der Waals surface area contributed by atoms with Crippen LogP contribution in [-0.4, -0.2) is 45.5 Å². The molecule has 0 radical (unpaired) electrons. The Balaban J connectivity index is 0.00000176. The average molecular weight is 339 g/mol. The summed E-state index contributed by atoms with van der Waals surface area (Å²) in [5.74, 6) is -3.84. The van der Waals surface area contributed by atoms with Crippen LogP contribution in [0.2, 0.25) is 0 Å². The van der Waals surface area contributed by atoms with Crippen molar-refractivity contribution >= 4 is 18.1 Å². The van der Waals surface area contributed by atoms with Gasteiger partial charge in [0, 0.05) is 45.3 Å². The smallest absolute Gasteiger partial charge is 0.196 e. The molecule has 124 valence electrons. The fraction of sp³-hybridized carbons (Fsp3) is 0.571. The van der Waals surface area contributed by atoms with Gasteiger partial charge in [-0.25, -0.2) is 13.2 Å². The fourth-order valence-corrected chi connectivity index (χ4v) is 3.01. The first-order chi connectivity index (χ1) is 10.1. The van der Waals surface area contributed by atoms with Gasteiger partial charge < -0.3 is 19.7 Å². The van der Waals surface area contributed by atoms with Gasteiger partial charge >= 0.3 is 0 Å². The number of benzene rings is 1. The van der Waals surface area contributed by atoms with Crippen molar-refractivity contribution in [1.82, 2.24) is 5.32 Å². The number of fused-ring (bicyclic) bond motifs is 3. The standard InChI is InChI=1S/C14H17F3N2O2.ClH/c1-20-7-9-4-8-6-18-2-3-19(8)14-11(21-9)5-10(15)12(16)13(14)17;/h5,8-9,18H,2-4,6-7H2,1H3;1H/t8-,9+;/m1./s1. The molecule has 2 heterocycles. The zero-order valence-corrected chi connectivity index (χ0v) is 12.9. The van der Waals surface area contributed by atoms with E-state index in [2.05, 4.69) is 5.32 Å². The summed E-state index contributed by atoms with van der Waals surface area (Å²) in [6.45, 7) is 2.12. The number of nitrogens with zero attached hydrogens (tertiary/aromatic N) is 1. The molecule has 1 saturated heterocycles. The molecule has 0 saturated carbocycles. The zero-order valence-electron chi connectivity index (χ0n) is 12.1. The van der Waals surface area contributed by atoms with Crippen LogP contribution in [0.1, 0.15) is 6.42 Å². The molecular formula is C14H18ClF3N2O2. The minimum absolute atomic E-state index is 0. The number of hydrogen-bond acceptors (Lipinski definition) is 4. The monoisotopic (exact) mass is 338 g/mol. The van der Waals surface area contributed by atoms with E-state index in [9.17, 15) is 13.2 Å². The summed E-state index contributed by atoms with van der Waals surface area (Å²) in [6, 6.07) is 0.875. The van der Waals surface area contributed by atoms with Crippen LogP contribution in [0.15, 0.2) is 6.07 Å². The molecule has 2 atom stereocenters. The maximum Gasteiger partial charge on any atom is 0.196 e. The number of piperazine rings is 1. The first kappa shape index (κ1) is 17.2. The predicted octanol–water partition coefficient (Wildman–Crippen LogP) is 2.10. The first-order valence-electron chi connectivity index (χ1n) is 6.92. The van der Waals surface area contributed by atoms with Gasteiger partial charge in [-0.15, -0.1) is 12.4 Å². The molecule has 0 spiro atoms. The summed E-state index contributed by atoms with van der Waals surface area (Å²) >= 11 is 0. The van der Waals surface area contributed by atoms with Crippen molar-refractivity contribution in [2.75, 3.05) is 38.3 Å². The molecule has 2 aliphatic rings. The van der Waals surface area contributed by atoms with Crippen molar-refractivity contribution < 1.29 is 22.6 Å². The van der Waals surface area contributed by atoms with Gasteiger partial charge in [0.05, 0.1) is 6.61 Å². The molecule has 0 aromatic heterocycles. The second-order valence-corrected chi connectivity index (χ2v) is 5.32. The molecule has 1 aromatic carbocycles. The second kappa shape index (κ2) is 6.93. The molecule has 0 aliphatic carbocycles. The minimum Gasteiger partial charge on any atom is -0.486 e. The van der Waals surface area contributed by atoms with Crippen molar-refractivity contribution in [2.24, 2.45) is 0 Å². The Morgan fingerprint density at radius 1 is 1.36 bits per heavy atom. The van der Waals surface area contributed by atoms with E-state index in [1.54, 1.807) is 4.90 Å². The van der Waals surface area contributed by atoms with E-state index >= 15 is 0 Å². The van der Waals surface area contributed by atoms with Gasteiger partial charge in [0.15, 0.2) is 17.5 Å². The van der Waals surface area contributed by atoms with E-state index in [4.69, 9.17) is 9.47 Å². The number of halogens is 4. The number of hydrogen-bond donors (Lipinski definition) is 1. The molecule has 0 amide bonds. The highest BCUT2D eigenvalue weighted by atomic mass is 35.5. The largest absolute Gasteiger partial charge is 0.486 e. The summed E-state index contributed by atoms with van der Waals surface area (Å²) in [6.07, 6.45) is 0.269. The molecule has 8 heteroatoms. The van der Waals surface area contributed by atoms with E-state index in [-0.39, 0.29) is 36.0 Å². The van der Waals surface area contributed by atoms with E-state index in [0.717, 1.165) is 6.07 Å². The summed E-state index contributed by atoms with van der Waals surface area (Å²) in [5, 5.41) is 3.22. The fourth-order valence-electron chi connectivity index (χ4n) is 3.01. The highest BCUT2D eigenvalue weighted by Gasteiger charge is 2.36. The minimum atomic E-state index is -1.46. The number of methoxy groups -OCH3 is 1. The van der Waals surface area contributed by atoms with Crippen LogP contribution in [0.5, 0.6) is 5.75 Å². The Morgan fingerprint density at radius 3 is 2.86 bits per heavy atom. The molecule has 0 unspecified atom stereocenters. The van der Waals surface area contributed by atoms with Crippen molar-refractivity contribution in [1.29, 1.82) is 0 Å². The normalized spacial score (nSPS) is 23.7. The number of nitrogens with one attached hydrogen (secondary N) is 1. The highest BCUT2D eigenvalue weighted by Crippen LogP contribution is 2.39. The molecule has 1 fully saturated rings. The highest BCUT2D eigenvalue weighted by molar-refractivity contribution is 5.85. The van der Waals surface area contributed by atoms with Crippen LogP contribution in [-0.2, 0) is 4.74 Å². The van der Waals surface area contributed by atoms with Crippen molar-refractivity contribution in [3.63, 3.8) is 0 Å². The van der Waals surface area contributed by atoms with Crippen LogP contribution in [0.4, 0.5) is 18.9 Å². The number of ether oxygens (including phenoxy) is 2. The van der Waals surface area contributed by atoms with Gasteiger partial charge in [-0.05, 0) is 0 Å². The lowest BCUT2D eigenvalue weighted by atomic mass is 10.1. The molecule has 1 aromatic rings. The summed E-state index contributed by atoms with van der Waals surface area (Å²) < 4.78 is 52.0. The van der Waals surface area contributed by atoms with Crippen LogP contribution in [0.3, 0.4) is 0 Å². The molecule has 1 N–H and O–H groups in total. The maximum absolute atomic E-state index is 14.2. The quantitative estimate of drug-likeness (QED) is 0.837. The van der Waals surface area contributed by atoms with Crippen molar-refractivity contribution in [2.45, 2.75) is 18.6 Å². The first-order valence-corrected chi connectivity index (χ1v) is 6.92. The van der Waals surface area contributed by atoms with Crippen LogP contribution >= 0.6 is 12.4 Å². The third-order valence-electron chi connectivity index (χ3n) is 3.92. The second-order valence-electron chi connectivity index (χ2n) is 5.32. The average Bonchev–Trinajstić information content (AvgIpc) is 2.61. The van der Waals surface area contributed by atoms with Crippen LogP contribution < -0.4 is 15.0 Å². The summed E-state index contributed by atoms with van der Waals surface area (Å²) in [5.41, 5.74) is 0.0130. The molecule has 22 heavy (non-hydrogen) atoms. The van der Waals surface area contributed by atoms with E-state index < -0.39 is 17.5 Å². The Bertz CT molecular complexity index is 547. The maximum atomic E-state index is 14.2. The van der Waals surface area contributed by atoms with Gasteiger partial charge in [0.1, 0.15) is 17.5 Å². The van der Waals surface area contributed by atoms with Gasteiger partial charge in [0.25, 0.3) is 0 Å². The van der Waals surface area contributed by atoms with Gasteiger partial charge in [-0.2, -0.15) is 0 Å². The lowest BCUT2D eigenvalue weighted by Crippen LogP contribution is -2.52. The molecule has 0 bridgehead atoms. The van der Waals surface area contributed by atoms with Crippen LogP contribution in [0, 0.1) is 17.5 Å². The summed E-state index contributed by atoms with van der Waals surface area (Å²) in [4.78, 5) is 1.76. The molecule has 3 rings (SSSR count). The SMILES string of the molecule is COC[C@@H]1C[C@@H]2CNCCN2c2c(cc(F)c(F)c2F)O1.Cl.